The van der Waals surface area contributed by atoms with Gasteiger partial charge < -0.3 is 5.32 Å². The van der Waals surface area contributed by atoms with Gasteiger partial charge in [0.25, 0.3) is 6.43 Å². The van der Waals surface area contributed by atoms with E-state index in [2.05, 4.69) is 25.4 Å². The van der Waals surface area contributed by atoms with Gasteiger partial charge in [-0.05, 0) is 43.0 Å². The Morgan fingerprint density at radius 1 is 1.10 bits per heavy atom. The number of benzene rings is 1. The van der Waals surface area contributed by atoms with Crippen LogP contribution >= 0.6 is 0 Å². The molecular formula is C22H21F2N7. The van der Waals surface area contributed by atoms with Crippen LogP contribution in [-0.2, 0) is 0 Å². The number of rotatable bonds is 5. The van der Waals surface area contributed by atoms with Gasteiger partial charge in [0.1, 0.15) is 0 Å². The minimum absolute atomic E-state index is 0.0439. The van der Waals surface area contributed by atoms with Crippen molar-refractivity contribution in [2.45, 2.75) is 37.3 Å². The predicted molar refractivity (Wildman–Crippen MR) is 113 cm³/mol. The Bertz CT molecular complexity index is 1270. The summed E-state index contributed by atoms with van der Waals surface area (Å²) in [5.74, 6) is 0.554. The summed E-state index contributed by atoms with van der Waals surface area (Å²) < 4.78 is 27.2. The third-order valence-electron chi connectivity index (χ3n) is 6.66. The van der Waals surface area contributed by atoms with Crippen molar-refractivity contribution in [2.24, 2.45) is 0 Å². The van der Waals surface area contributed by atoms with E-state index in [9.17, 15) is 8.78 Å². The second kappa shape index (κ2) is 6.91. The lowest BCUT2D eigenvalue weighted by Crippen LogP contribution is -2.69. The Morgan fingerprint density at radius 2 is 1.94 bits per heavy atom. The lowest BCUT2D eigenvalue weighted by Gasteiger charge is -2.61. The summed E-state index contributed by atoms with van der Waals surface area (Å²) in [5, 5.41) is 7.96. The molecule has 9 heteroatoms. The summed E-state index contributed by atoms with van der Waals surface area (Å²) in [4.78, 5) is 15.1. The molecule has 0 atom stereocenters. The highest BCUT2D eigenvalue weighted by Gasteiger charge is 2.54. The Morgan fingerprint density at radius 3 is 2.71 bits per heavy atom. The molecule has 1 saturated carbocycles. The Kier molecular flexibility index (Phi) is 4.14. The van der Waals surface area contributed by atoms with Gasteiger partial charge in [0.05, 0.1) is 29.3 Å². The average Bonchev–Trinajstić information content (AvgIpc) is 3.16. The minimum atomic E-state index is -2.27. The van der Waals surface area contributed by atoms with Gasteiger partial charge in [0.15, 0.2) is 0 Å². The quantitative estimate of drug-likeness (QED) is 0.531. The molecular weight excluding hydrogens is 400 g/mol. The van der Waals surface area contributed by atoms with E-state index in [0.29, 0.717) is 5.95 Å². The first kappa shape index (κ1) is 18.6. The number of nitrogens with one attached hydrogen (secondary N) is 1. The molecule has 0 bridgehead atoms. The number of fused-ring (bicyclic) bond motifs is 2. The van der Waals surface area contributed by atoms with E-state index in [4.69, 9.17) is 0 Å². The summed E-state index contributed by atoms with van der Waals surface area (Å²) in [7, 11) is 0. The number of anilines is 1. The number of alkyl halides is 2. The normalized spacial score (nSPS) is 23.4. The monoisotopic (exact) mass is 421 g/mol. The van der Waals surface area contributed by atoms with Gasteiger partial charge >= 0.3 is 0 Å². The molecule has 31 heavy (non-hydrogen) atoms. The van der Waals surface area contributed by atoms with E-state index >= 15 is 0 Å². The molecule has 1 saturated heterocycles. The van der Waals surface area contributed by atoms with Gasteiger partial charge in [0.2, 0.25) is 5.95 Å². The maximum atomic E-state index is 12.7. The summed E-state index contributed by atoms with van der Waals surface area (Å²) in [6.45, 7) is 0.647. The number of hydrogen-bond donors (Lipinski definition) is 1. The van der Waals surface area contributed by atoms with Crippen LogP contribution in [0, 0.1) is 0 Å². The molecule has 1 aromatic carbocycles. The second-order valence-corrected chi connectivity index (χ2v) is 8.46. The smallest absolute Gasteiger partial charge is 0.251 e. The molecule has 3 aromatic heterocycles. The van der Waals surface area contributed by atoms with Gasteiger partial charge in [-0.25, -0.2) is 18.3 Å². The molecule has 4 aromatic rings. The van der Waals surface area contributed by atoms with Crippen LogP contribution in [0.2, 0.25) is 0 Å². The fourth-order valence-electron chi connectivity index (χ4n) is 4.98. The van der Waals surface area contributed by atoms with E-state index in [1.54, 1.807) is 12.4 Å². The van der Waals surface area contributed by atoms with Crippen molar-refractivity contribution in [2.75, 3.05) is 18.4 Å². The predicted octanol–water partition coefficient (Wildman–Crippen LogP) is 3.62. The van der Waals surface area contributed by atoms with Crippen LogP contribution in [0.15, 0.2) is 49.1 Å². The van der Waals surface area contributed by atoms with Gasteiger partial charge in [-0.3, -0.25) is 14.9 Å². The molecule has 1 N–H and O–H groups in total. The lowest BCUT2D eigenvalue weighted by molar-refractivity contribution is -0.102. The van der Waals surface area contributed by atoms with Crippen molar-refractivity contribution in [1.29, 1.82) is 0 Å². The molecule has 1 aliphatic carbocycles. The van der Waals surface area contributed by atoms with Gasteiger partial charge in [-0.1, -0.05) is 6.07 Å². The SMILES string of the molecule is FC(F)CN1CCC12CC(Nc1ncc3c(-c4ccc5nccnc5c4)ccn3n1)C2. The van der Waals surface area contributed by atoms with Crippen LogP contribution in [0.3, 0.4) is 0 Å². The van der Waals surface area contributed by atoms with Crippen molar-refractivity contribution in [3.8, 4) is 11.1 Å². The lowest BCUT2D eigenvalue weighted by atomic mass is 9.64. The van der Waals surface area contributed by atoms with Gasteiger partial charge in [-0.2, -0.15) is 0 Å². The molecule has 158 valence electrons. The van der Waals surface area contributed by atoms with Crippen molar-refractivity contribution in [3.05, 3.63) is 49.1 Å². The zero-order valence-corrected chi connectivity index (χ0v) is 16.7. The average molecular weight is 421 g/mol. The first-order chi connectivity index (χ1) is 15.1. The highest BCUT2D eigenvalue weighted by atomic mass is 19.3. The number of nitrogens with zero attached hydrogens (tertiary/aromatic N) is 6. The standard InChI is InChI=1S/C22H21F2N7/c23-20(24)13-30-8-4-22(30)10-15(11-22)28-21-27-12-19-16(3-7-31(19)29-21)14-1-2-17-18(9-14)26-6-5-25-17/h1-3,5-7,9,12,15,20H,4,8,10-11,13H2,(H,28,29). The maximum absolute atomic E-state index is 12.7. The molecule has 7 nitrogen and oxygen atoms in total. The van der Waals surface area contributed by atoms with Crippen LogP contribution < -0.4 is 5.32 Å². The minimum Gasteiger partial charge on any atom is -0.350 e. The fourth-order valence-corrected chi connectivity index (χ4v) is 4.98. The topological polar surface area (TPSA) is 71.2 Å². The Hall–Kier alpha value is -3.20. The van der Waals surface area contributed by atoms with E-state index in [1.165, 1.54) is 0 Å². The molecule has 6 rings (SSSR count). The van der Waals surface area contributed by atoms with Crippen molar-refractivity contribution in [1.82, 2.24) is 29.5 Å². The maximum Gasteiger partial charge on any atom is 0.251 e. The van der Waals surface area contributed by atoms with Crippen molar-refractivity contribution < 1.29 is 8.78 Å². The molecule has 0 unspecified atom stereocenters. The third-order valence-corrected chi connectivity index (χ3v) is 6.66. The fraction of sp³-hybridized carbons (Fsp3) is 0.364. The van der Waals surface area contributed by atoms with E-state index in [-0.39, 0.29) is 18.1 Å². The highest BCUT2D eigenvalue weighted by Crippen LogP contribution is 2.48. The van der Waals surface area contributed by atoms with Crippen LogP contribution in [0.4, 0.5) is 14.7 Å². The van der Waals surface area contributed by atoms with Crippen LogP contribution in [0.1, 0.15) is 19.3 Å². The zero-order chi connectivity index (χ0) is 21.0. The highest BCUT2D eigenvalue weighted by molar-refractivity contribution is 5.86. The first-order valence-electron chi connectivity index (χ1n) is 10.4. The van der Waals surface area contributed by atoms with Crippen LogP contribution in [0.25, 0.3) is 27.7 Å². The number of halogens is 2. The van der Waals surface area contributed by atoms with Crippen molar-refractivity contribution >= 4 is 22.5 Å². The molecule has 2 fully saturated rings. The third kappa shape index (κ3) is 3.11. The van der Waals surface area contributed by atoms with Crippen molar-refractivity contribution in [3.63, 3.8) is 0 Å². The summed E-state index contributed by atoms with van der Waals surface area (Å²) in [6.07, 6.45) is 7.53. The Balaban J connectivity index is 1.19. The number of aromatic nitrogens is 5. The molecule has 1 aliphatic heterocycles. The zero-order valence-electron chi connectivity index (χ0n) is 16.7. The second-order valence-electron chi connectivity index (χ2n) is 8.46. The number of hydrogen-bond acceptors (Lipinski definition) is 6. The first-order valence-corrected chi connectivity index (χ1v) is 10.4. The van der Waals surface area contributed by atoms with Crippen LogP contribution in [-0.4, -0.2) is 60.6 Å². The van der Waals surface area contributed by atoms with E-state index in [0.717, 1.165) is 53.5 Å². The van der Waals surface area contributed by atoms with Gasteiger partial charge in [0, 0.05) is 42.3 Å². The largest absolute Gasteiger partial charge is 0.350 e. The molecule has 0 amide bonds. The molecule has 2 aliphatic rings. The van der Waals surface area contributed by atoms with E-state index in [1.807, 2.05) is 46.1 Å². The number of likely N-dealkylation sites (tertiary alicyclic amines) is 1. The van der Waals surface area contributed by atoms with E-state index < -0.39 is 6.43 Å². The summed E-state index contributed by atoms with van der Waals surface area (Å²) >= 11 is 0. The molecule has 1 spiro atoms. The van der Waals surface area contributed by atoms with Crippen LogP contribution in [0.5, 0.6) is 0 Å². The Labute approximate surface area is 177 Å². The van der Waals surface area contributed by atoms with Gasteiger partial charge in [-0.15, -0.1) is 5.10 Å². The molecule has 0 radical (unpaired) electrons. The summed E-state index contributed by atoms with van der Waals surface area (Å²) in [5.41, 5.74) is 4.62. The summed E-state index contributed by atoms with van der Waals surface area (Å²) in [6, 6.07) is 8.23. The molecule has 4 heterocycles.